The van der Waals surface area contributed by atoms with E-state index in [1.807, 2.05) is 6.92 Å². The van der Waals surface area contributed by atoms with Crippen LogP contribution in [-0.2, 0) is 6.42 Å². The van der Waals surface area contributed by atoms with Crippen molar-refractivity contribution in [1.82, 2.24) is 15.5 Å². The summed E-state index contributed by atoms with van der Waals surface area (Å²) in [6.07, 6.45) is 1.36. The van der Waals surface area contributed by atoms with Crippen LogP contribution >= 0.6 is 0 Å². The molecule has 1 heterocycles. The molecule has 0 radical (unpaired) electrons. The number of hydrogen-bond donors (Lipinski definition) is 2. The van der Waals surface area contributed by atoms with Crippen LogP contribution < -0.4 is 11.1 Å². The maximum absolute atomic E-state index is 11.0. The Morgan fingerprint density at radius 1 is 1.71 bits per heavy atom. The molecule has 0 saturated carbocycles. The summed E-state index contributed by atoms with van der Waals surface area (Å²) in [5.41, 5.74) is 5.56. The number of hydrogen-bond acceptors (Lipinski definition) is 5. The van der Waals surface area contributed by atoms with E-state index in [0.29, 0.717) is 12.3 Å². The molecule has 78 valence electrons. The van der Waals surface area contributed by atoms with Crippen molar-refractivity contribution in [2.45, 2.75) is 25.8 Å². The summed E-state index contributed by atoms with van der Waals surface area (Å²) in [4.78, 5) is 15.0. The number of carbonyl (C=O) groups is 1. The molecule has 1 aromatic rings. The van der Waals surface area contributed by atoms with E-state index in [1.54, 1.807) is 0 Å². The van der Waals surface area contributed by atoms with Gasteiger partial charge in [0.1, 0.15) is 0 Å². The first-order chi connectivity index (χ1) is 6.63. The van der Waals surface area contributed by atoms with Gasteiger partial charge in [-0.3, -0.25) is 4.79 Å². The molecule has 0 aliphatic rings. The summed E-state index contributed by atoms with van der Waals surface area (Å²) >= 11 is 0. The molecule has 3 N–H and O–H groups in total. The van der Waals surface area contributed by atoms with Gasteiger partial charge in [0.25, 0.3) is 11.7 Å². The van der Waals surface area contributed by atoms with Gasteiger partial charge >= 0.3 is 0 Å². The van der Waals surface area contributed by atoms with Crippen molar-refractivity contribution in [1.29, 1.82) is 0 Å². The van der Waals surface area contributed by atoms with Crippen LogP contribution in [0, 0.1) is 0 Å². The first-order valence-electron chi connectivity index (χ1n) is 4.43. The summed E-state index contributed by atoms with van der Waals surface area (Å²) in [6, 6.07) is 0.0883. The second-order valence-electron chi connectivity index (χ2n) is 3.11. The van der Waals surface area contributed by atoms with Crippen LogP contribution in [0.2, 0.25) is 0 Å². The fourth-order valence-corrected chi connectivity index (χ4v) is 0.912. The van der Waals surface area contributed by atoms with E-state index in [1.165, 1.54) is 7.05 Å². The van der Waals surface area contributed by atoms with Crippen LogP contribution in [0.25, 0.3) is 0 Å². The maximum atomic E-state index is 11.0. The van der Waals surface area contributed by atoms with Crippen molar-refractivity contribution in [2.24, 2.45) is 5.73 Å². The first kappa shape index (κ1) is 10.6. The van der Waals surface area contributed by atoms with Crippen LogP contribution in [0.15, 0.2) is 4.52 Å². The van der Waals surface area contributed by atoms with E-state index in [-0.39, 0.29) is 17.8 Å². The molecule has 0 spiro atoms. The molecule has 1 atom stereocenters. The predicted octanol–water partition coefficient (Wildman–Crippen LogP) is -0.291. The van der Waals surface area contributed by atoms with Gasteiger partial charge in [0.2, 0.25) is 5.89 Å². The van der Waals surface area contributed by atoms with Crippen molar-refractivity contribution in [3.05, 3.63) is 11.7 Å². The third-order valence-electron chi connectivity index (χ3n) is 1.71. The van der Waals surface area contributed by atoms with E-state index < -0.39 is 0 Å². The Kier molecular flexibility index (Phi) is 3.58. The molecule has 6 nitrogen and oxygen atoms in total. The van der Waals surface area contributed by atoms with E-state index in [4.69, 9.17) is 10.3 Å². The molecule has 0 aliphatic heterocycles. The SMILES string of the molecule is CNC(=O)c1noc(CCC(C)N)n1. The van der Waals surface area contributed by atoms with E-state index in [2.05, 4.69) is 15.5 Å². The molecule has 6 heteroatoms. The smallest absolute Gasteiger partial charge is 0.292 e. The van der Waals surface area contributed by atoms with E-state index in [0.717, 1.165) is 6.42 Å². The second-order valence-corrected chi connectivity index (χ2v) is 3.11. The van der Waals surface area contributed by atoms with Gasteiger partial charge in [-0.25, -0.2) is 0 Å². The Labute approximate surface area is 81.9 Å². The number of aromatic nitrogens is 2. The number of rotatable bonds is 4. The molecule has 0 fully saturated rings. The fourth-order valence-electron chi connectivity index (χ4n) is 0.912. The van der Waals surface area contributed by atoms with Gasteiger partial charge in [0.15, 0.2) is 0 Å². The summed E-state index contributed by atoms with van der Waals surface area (Å²) in [6.45, 7) is 1.90. The Morgan fingerprint density at radius 2 is 2.43 bits per heavy atom. The highest BCUT2D eigenvalue weighted by Gasteiger charge is 2.12. The van der Waals surface area contributed by atoms with Crippen molar-refractivity contribution >= 4 is 5.91 Å². The maximum Gasteiger partial charge on any atom is 0.292 e. The first-order valence-corrected chi connectivity index (χ1v) is 4.43. The fraction of sp³-hybridized carbons (Fsp3) is 0.625. The highest BCUT2D eigenvalue weighted by molar-refractivity contribution is 5.89. The van der Waals surface area contributed by atoms with Crippen LogP contribution in [-0.4, -0.2) is 29.1 Å². The number of carbonyl (C=O) groups excluding carboxylic acids is 1. The minimum Gasteiger partial charge on any atom is -0.352 e. The molecule has 0 aliphatic carbocycles. The standard InChI is InChI=1S/C8H14N4O2/c1-5(9)3-4-6-11-7(12-14-6)8(13)10-2/h5H,3-4,9H2,1-2H3,(H,10,13). The molecule has 1 rings (SSSR count). The lowest BCUT2D eigenvalue weighted by Crippen LogP contribution is -2.19. The highest BCUT2D eigenvalue weighted by Crippen LogP contribution is 2.02. The van der Waals surface area contributed by atoms with Gasteiger partial charge in [-0.05, 0) is 13.3 Å². The largest absolute Gasteiger partial charge is 0.352 e. The van der Waals surface area contributed by atoms with Crippen molar-refractivity contribution in [2.75, 3.05) is 7.05 Å². The van der Waals surface area contributed by atoms with E-state index in [9.17, 15) is 4.79 Å². The van der Waals surface area contributed by atoms with Crippen LogP contribution in [0.4, 0.5) is 0 Å². The highest BCUT2D eigenvalue weighted by atomic mass is 16.5. The number of nitrogens with zero attached hydrogens (tertiary/aromatic N) is 2. The Bertz CT molecular complexity index is 308. The quantitative estimate of drug-likeness (QED) is 0.693. The minimum atomic E-state index is -0.346. The van der Waals surface area contributed by atoms with E-state index >= 15 is 0 Å². The average Bonchev–Trinajstić information content (AvgIpc) is 2.62. The van der Waals surface area contributed by atoms with Gasteiger partial charge in [-0.1, -0.05) is 5.16 Å². The zero-order valence-corrected chi connectivity index (χ0v) is 8.28. The molecule has 1 aromatic heterocycles. The Morgan fingerprint density at radius 3 is 3.00 bits per heavy atom. The number of nitrogens with one attached hydrogen (secondary N) is 1. The summed E-state index contributed by atoms with van der Waals surface area (Å²) in [7, 11) is 1.51. The molecule has 14 heavy (non-hydrogen) atoms. The lowest BCUT2D eigenvalue weighted by atomic mass is 10.2. The normalized spacial score (nSPS) is 12.5. The summed E-state index contributed by atoms with van der Waals surface area (Å²) in [5.74, 6) is 0.161. The van der Waals surface area contributed by atoms with Gasteiger partial charge < -0.3 is 15.6 Å². The Balaban J connectivity index is 2.55. The summed E-state index contributed by atoms with van der Waals surface area (Å²) in [5, 5.41) is 5.94. The van der Waals surface area contributed by atoms with Crippen LogP contribution in [0.5, 0.6) is 0 Å². The molecule has 1 amide bonds. The molecule has 0 saturated heterocycles. The number of aryl methyl sites for hydroxylation is 1. The van der Waals surface area contributed by atoms with Crippen molar-refractivity contribution in [3.63, 3.8) is 0 Å². The van der Waals surface area contributed by atoms with Gasteiger partial charge in [0.05, 0.1) is 0 Å². The zero-order valence-electron chi connectivity index (χ0n) is 8.28. The lowest BCUT2D eigenvalue weighted by Gasteiger charge is -1.99. The zero-order chi connectivity index (χ0) is 10.6. The van der Waals surface area contributed by atoms with Gasteiger partial charge in [-0.15, -0.1) is 0 Å². The number of nitrogens with two attached hydrogens (primary N) is 1. The lowest BCUT2D eigenvalue weighted by molar-refractivity contribution is 0.0950. The Hall–Kier alpha value is -1.43. The monoisotopic (exact) mass is 198 g/mol. The molecule has 1 unspecified atom stereocenters. The van der Waals surface area contributed by atoms with Gasteiger partial charge in [-0.2, -0.15) is 4.98 Å². The van der Waals surface area contributed by atoms with Crippen LogP contribution in [0.3, 0.4) is 0 Å². The third-order valence-corrected chi connectivity index (χ3v) is 1.71. The van der Waals surface area contributed by atoms with Crippen molar-refractivity contribution < 1.29 is 9.32 Å². The average molecular weight is 198 g/mol. The molecule has 0 bridgehead atoms. The topological polar surface area (TPSA) is 94.0 Å². The number of amides is 1. The second kappa shape index (κ2) is 4.71. The van der Waals surface area contributed by atoms with Crippen molar-refractivity contribution in [3.8, 4) is 0 Å². The summed E-state index contributed by atoms with van der Waals surface area (Å²) < 4.78 is 4.86. The third kappa shape index (κ3) is 2.81. The van der Waals surface area contributed by atoms with Gasteiger partial charge in [0, 0.05) is 19.5 Å². The van der Waals surface area contributed by atoms with Crippen LogP contribution in [0.1, 0.15) is 29.9 Å². The predicted molar refractivity (Wildman–Crippen MR) is 49.7 cm³/mol. The minimum absolute atomic E-state index is 0.0622. The molecular formula is C8H14N4O2. The molecular weight excluding hydrogens is 184 g/mol. The molecule has 0 aromatic carbocycles.